The number of nitrogens with one attached hydrogen (secondary N) is 2. The first kappa shape index (κ1) is 18.5. The monoisotopic (exact) mass is 415 g/mol. The van der Waals surface area contributed by atoms with Crippen LogP contribution >= 0.6 is 15.9 Å². The SMILES string of the molecule is CC(c1ccccc1)N1CC(NC(=O)NCc2ccccc2Br)CC1=O. The summed E-state index contributed by atoms with van der Waals surface area (Å²) in [5, 5.41) is 5.75. The third-order valence-corrected chi connectivity index (χ3v) is 5.41. The Morgan fingerprint density at radius 2 is 1.88 bits per heavy atom. The van der Waals surface area contributed by atoms with Crippen molar-refractivity contribution in [3.05, 3.63) is 70.2 Å². The molecule has 0 saturated carbocycles. The summed E-state index contributed by atoms with van der Waals surface area (Å²) in [7, 11) is 0. The van der Waals surface area contributed by atoms with Crippen molar-refractivity contribution < 1.29 is 9.59 Å². The molecule has 0 aromatic heterocycles. The van der Waals surface area contributed by atoms with Crippen LogP contribution in [0.4, 0.5) is 4.79 Å². The molecule has 0 aliphatic carbocycles. The number of rotatable bonds is 5. The molecule has 2 aromatic carbocycles. The number of hydrogen-bond acceptors (Lipinski definition) is 2. The van der Waals surface area contributed by atoms with Crippen molar-refractivity contribution in [2.45, 2.75) is 32.0 Å². The van der Waals surface area contributed by atoms with Gasteiger partial charge in [0.2, 0.25) is 5.91 Å². The summed E-state index contributed by atoms with van der Waals surface area (Å²) in [6.45, 7) is 2.97. The van der Waals surface area contributed by atoms with E-state index in [4.69, 9.17) is 0 Å². The molecule has 1 fully saturated rings. The van der Waals surface area contributed by atoms with E-state index in [9.17, 15) is 9.59 Å². The summed E-state index contributed by atoms with van der Waals surface area (Å²) in [6, 6.07) is 17.3. The highest BCUT2D eigenvalue weighted by molar-refractivity contribution is 9.10. The van der Waals surface area contributed by atoms with Gasteiger partial charge in [-0.25, -0.2) is 4.79 Å². The first-order valence-corrected chi connectivity index (χ1v) is 9.46. The smallest absolute Gasteiger partial charge is 0.315 e. The van der Waals surface area contributed by atoms with Crippen LogP contribution in [0.1, 0.15) is 30.5 Å². The van der Waals surface area contributed by atoms with Gasteiger partial charge in [0.1, 0.15) is 0 Å². The molecule has 2 N–H and O–H groups in total. The van der Waals surface area contributed by atoms with E-state index in [1.54, 1.807) is 0 Å². The van der Waals surface area contributed by atoms with Crippen molar-refractivity contribution in [3.63, 3.8) is 0 Å². The second kappa shape index (κ2) is 8.36. The van der Waals surface area contributed by atoms with Gasteiger partial charge >= 0.3 is 6.03 Å². The zero-order valence-corrected chi connectivity index (χ0v) is 16.2. The Morgan fingerprint density at radius 3 is 2.62 bits per heavy atom. The number of nitrogens with zero attached hydrogens (tertiary/aromatic N) is 1. The summed E-state index contributed by atoms with van der Waals surface area (Å²) in [6.07, 6.45) is 0.333. The molecule has 6 heteroatoms. The number of amides is 3. The molecule has 1 aliphatic rings. The molecule has 5 nitrogen and oxygen atoms in total. The average Bonchev–Trinajstić information content (AvgIpc) is 3.01. The van der Waals surface area contributed by atoms with E-state index in [1.807, 2.05) is 66.4 Å². The molecule has 26 heavy (non-hydrogen) atoms. The van der Waals surface area contributed by atoms with Crippen LogP contribution in [0.5, 0.6) is 0 Å². The fraction of sp³-hybridized carbons (Fsp3) is 0.300. The second-order valence-corrected chi connectivity index (χ2v) is 7.31. The van der Waals surface area contributed by atoms with Gasteiger partial charge in [0.05, 0.1) is 12.1 Å². The van der Waals surface area contributed by atoms with Crippen molar-refractivity contribution >= 4 is 27.9 Å². The largest absolute Gasteiger partial charge is 0.334 e. The van der Waals surface area contributed by atoms with Crippen LogP contribution < -0.4 is 10.6 Å². The van der Waals surface area contributed by atoms with Gasteiger partial charge in [-0.1, -0.05) is 64.5 Å². The molecular weight excluding hydrogens is 394 g/mol. The van der Waals surface area contributed by atoms with Gasteiger partial charge in [-0.2, -0.15) is 0 Å². The van der Waals surface area contributed by atoms with Gasteiger partial charge in [-0.15, -0.1) is 0 Å². The highest BCUT2D eigenvalue weighted by Gasteiger charge is 2.33. The van der Waals surface area contributed by atoms with E-state index in [-0.39, 0.29) is 24.0 Å². The lowest BCUT2D eigenvalue weighted by atomic mass is 10.1. The first-order chi connectivity index (χ1) is 12.5. The van der Waals surface area contributed by atoms with Crippen LogP contribution in [-0.2, 0) is 11.3 Å². The number of urea groups is 1. The topological polar surface area (TPSA) is 61.4 Å². The zero-order chi connectivity index (χ0) is 18.5. The number of benzene rings is 2. The van der Waals surface area contributed by atoms with Crippen LogP contribution in [0, 0.1) is 0 Å². The molecule has 2 aromatic rings. The Balaban J connectivity index is 1.52. The van der Waals surface area contributed by atoms with E-state index in [1.165, 1.54) is 0 Å². The highest BCUT2D eigenvalue weighted by Crippen LogP contribution is 2.25. The van der Waals surface area contributed by atoms with Crippen molar-refractivity contribution in [1.29, 1.82) is 0 Å². The first-order valence-electron chi connectivity index (χ1n) is 8.67. The third kappa shape index (κ3) is 4.43. The molecule has 3 amide bonds. The van der Waals surface area contributed by atoms with Crippen LogP contribution in [0.2, 0.25) is 0 Å². The van der Waals surface area contributed by atoms with Crippen molar-refractivity contribution in [1.82, 2.24) is 15.5 Å². The minimum Gasteiger partial charge on any atom is -0.334 e. The van der Waals surface area contributed by atoms with Gasteiger partial charge in [-0.3, -0.25) is 4.79 Å². The predicted octanol–water partition coefficient (Wildman–Crippen LogP) is 3.61. The standard InChI is InChI=1S/C20H22BrN3O2/c1-14(15-7-3-2-4-8-15)24-13-17(11-19(24)25)23-20(26)22-12-16-9-5-6-10-18(16)21/h2-10,14,17H,11-13H2,1H3,(H2,22,23,26). The highest BCUT2D eigenvalue weighted by atomic mass is 79.9. The fourth-order valence-corrected chi connectivity index (χ4v) is 3.59. The maximum absolute atomic E-state index is 12.4. The maximum Gasteiger partial charge on any atom is 0.315 e. The fourth-order valence-electron chi connectivity index (χ4n) is 3.17. The third-order valence-electron chi connectivity index (χ3n) is 4.64. The molecule has 0 spiro atoms. The summed E-state index contributed by atoms with van der Waals surface area (Å²) < 4.78 is 0.958. The van der Waals surface area contributed by atoms with Crippen molar-refractivity contribution in [3.8, 4) is 0 Å². The Labute approximate surface area is 161 Å². The lowest BCUT2D eigenvalue weighted by Gasteiger charge is -2.25. The number of carbonyl (C=O) groups is 2. The number of halogens is 1. The maximum atomic E-state index is 12.4. The predicted molar refractivity (Wildman–Crippen MR) is 104 cm³/mol. The van der Waals surface area contributed by atoms with Crippen molar-refractivity contribution in [2.24, 2.45) is 0 Å². The molecule has 2 atom stereocenters. The molecule has 2 unspecified atom stereocenters. The molecule has 136 valence electrons. The van der Waals surface area contributed by atoms with Gasteiger partial charge in [-0.05, 0) is 24.1 Å². The second-order valence-electron chi connectivity index (χ2n) is 6.45. The molecule has 3 rings (SSSR count). The molecule has 0 radical (unpaired) electrons. The lowest BCUT2D eigenvalue weighted by Crippen LogP contribution is -2.43. The van der Waals surface area contributed by atoms with E-state index >= 15 is 0 Å². The summed E-state index contributed by atoms with van der Waals surface area (Å²) in [5.74, 6) is 0.0671. The summed E-state index contributed by atoms with van der Waals surface area (Å²) in [4.78, 5) is 26.3. The van der Waals surface area contributed by atoms with E-state index in [2.05, 4.69) is 26.6 Å². The number of hydrogen-bond donors (Lipinski definition) is 2. The van der Waals surface area contributed by atoms with Crippen molar-refractivity contribution in [2.75, 3.05) is 6.54 Å². The molecule has 1 aliphatic heterocycles. The van der Waals surface area contributed by atoms with Crippen LogP contribution in [-0.4, -0.2) is 29.4 Å². The Morgan fingerprint density at radius 1 is 1.19 bits per heavy atom. The zero-order valence-electron chi connectivity index (χ0n) is 14.6. The normalized spacial score (nSPS) is 17.8. The minimum absolute atomic E-state index is 0.00108. The van der Waals surface area contributed by atoms with Gasteiger partial charge < -0.3 is 15.5 Å². The van der Waals surface area contributed by atoms with Gasteiger partial charge in [0, 0.05) is 24.0 Å². The number of likely N-dealkylation sites (tertiary alicyclic amines) is 1. The Kier molecular flexibility index (Phi) is 5.93. The molecule has 1 saturated heterocycles. The lowest BCUT2D eigenvalue weighted by molar-refractivity contribution is -0.129. The van der Waals surface area contributed by atoms with Gasteiger partial charge in [0.15, 0.2) is 0 Å². The summed E-state index contributed by atoms with van der Waals surface area (Å²) in [5.41, 5.74) is 2.10. The van der Waals surface area contributed by atoms with E-state index in [0.717, 1.165) is 15.6 Å². The van der Waals surface area contributed by atoms with Gasteiger partial charge in [0.25, 0.3) is 0 Å². The Bertz CT molecular complexity index is 782. The van der Waals surface area contributed by atoms with E-state index in [0.29, 0.717) is 19.5 Å². The minimum atomic E-state index is -0.257. The Hall–Kier alpha value is -2.34. The quantitative estimate of drug-likeness (QED) is 0.783. The number of carbonyl (C=O) groups excluding carboxylic acids is 2. The molecule has 0 bridgehead atoms. The van der Waals surface area contributed by atoms with Crippen LogP contribution in [0.25, 0.3) is 0 Å². The van der Waals surface area contributed by atoms with Crippen LogP contribution in [0.3, 0.4) is 0 Å². The average molecular weight is 416 g/mol. The van der Waals surface area contributed by atoms with Crippen LogP contribution in [0.15, 0.2) is 59.1 Å². The van der Waals surface area contributed by atoms with E-state index < -0.39 is 0 Å². The summed E-state index contributed by atoms with van der Waals surface area (Å²) >= 11 is 3.47. The molecular formula is C20H22BrN3O2. The molecule has 1 heterocycles.